The lowest BCUT2D eigenvalue weighted by Crippen LogP contribution is -2.25. The van der Waals surface area contributed by atoms with Gasteiger partial charge in [-0.25, -0.2) is 0 Å². The third kappa shape index (κ3) is 6.28. The topological polar surface area (TPSA) is 69.8 Å². The van der Waals surface area contributed by atoms with Crippen molar-refractivity contribution in [2.24, 2.45) is 5.41 Å². The van der Waals surface area contributed by atoms with Gasteiger partial charge in [0.15, 0.2) is 5.82 Å². The third-order valence-corrected chi connectivity index (χ3v) is 1.96. The molecule has 1 aromatic heterocycles. The smallest absolute Gasteiger partial charge is 0.239 e. The molecule has 0 atom stereocenters. The van der Waals surface area contributed by atoms with E-state index >= 15 is 0 Å². The van der Waals surface area contributed by atoms with Crippen LogP contribution in [0.15, 0.2) is 6.07 Å². The van der Waals surface area contributed by atoms with Crippen LogP contribution >= 0.6 is 12.4 Å². The number of nitrogens with one attached hydrogen (secondary N) is 3. The lowest BCUT2D eigenvalue weighted by Gasteiger charge is -2.15. The largest absolute Gasteiger partial charge is 0.311 e. The highest BCUT2D eigenvalue weighted by molar-refractivity contribution is 5.91. The molecule has 0 saturated heterocycles. The Labute approximate surface area is 108 Å². The molecule has 1 rings (SSSR count). The van der Waals surface area contributed by atoms with Gasteiger partial charge in [-0.3, -0.25) is 9.89 Å². The van der Waals surface area contributed by atoms with E-state index in [2.05, 4.69) is 41.6 Å². The second-order valence-electron chi connectivity index (χ2n) is 5.09. The van der Waals surface area contributed by atoms with E-state index in [-0.39, 0.29) is 23.7 Å². The number of aromatic nitrogens is 2. The van der Waals surface area contributed by atoms with Crippen LogP contribution in [0, 0.1) is 5.41 Å². The minimum Gasteiger partial charge on any atom is -0.311 e. The number of amides is 1. The van der Waals surface area contributed by atoms with Crippen LogP contribution in [0.3, 0.4) is 0 Å². The molecule has 1 heterocycles. The van der Waals surface area contributed by atoms with Crippen LogP contribution in [0.1, 0.15) is 26.5 Å². The lowest BCUT2D eigenvalue weighted by atomic mass is 9.91. The molecule has 0 aliphatic carbocycles. The summed E-state index contributed by atoms with van der Waals surface area (Å²) in [5.41, 5.74) is 1.24. The number of hydrogen-bond acceptors (Lipinski definition) is 3. The minimum atomic E-state index is -0.0868. The number of nitrogens with zero attached hydrogens (tertiary/aromatic N) is 1. The number of rotatable bonds is 4. The van der Waals surface area contributed by atoms with Gasteiger partial charge in [-0.15, -0.1) is 12.4 Å². The molecule has 5 nitrogen and oxygen atoms in total. The fraction of sp³-hybridized carbons (Fsp3) is 0.636. The van der Waals surface area contributed by atoms with Crippen molar-refractivity contribution in [3.63, 3.8) is 0 Å². The van der Waals surface area contributed by atoms with Gasteiger partial charge in [0.2, 0.25) is 5.91 Å². The van der Waals surface area contributed by atoms with E-state index in [1.807, 2.05) is 6.07 Å². The summed E-state index contributed by atoms with van der Waals surface area (Å²) in [7, 11) is 1.73. The van der Waals surface area contributed by atoms with Crippen LogP contribution in [0.2, 0.25) is 0 Å². The Kier molecular flexibility index (Phi) is 6.20. The first-order valence-electron chi connectivity index (χ1n) is 5.39. The molecule has 1 aromatic rings. The monoisotopic (exact) mass is 260 g/mol. The molecular formula is C11H21ClN4O. The molecule has 0 radical (unpaired) electrons. The predicted octanol–water partition coefficient (Wildman–Crippen LogP) is 1.58. The molecule has 98 valence electrons. The summed E-state index contributed by atoms with van der Waals surface area (Å²) in [6.45, 7) is 6.77. The fourth-order valence-electron chi connectivity index (χ4n) is 1.44. The van der Waals surface area contributed by atoms with Gasteiger partial charge in [-0.2, -0.15) is 5.10 Å². The molecule has 1 amide bonds. The van der Waals surface area contributed by atoms with Crippen molar-refractivity contribution in [3.8, 4) is 0 Å². The van der Waals surface area contributed by atoms with E-state index in [0.29, 0.717) is 12.4 Å². The number of likely N-dealkylation sites (N-methyl/N-ethyl adjacent to an activating group) is 1. The lowest BCUT2D eigenvalue weighted by molar-refractivity contribution is -0.115. The molecular weight excluding hydrogens is 240 g/mol. The molecule has 0 spiro atoms. The number of carbonyl (C=O) groups is 1. The first-order chi connectivity index (χ1) is 7.40. The van der Waals surface area contributed by atoms with Gasteiger partial charge < -0.3 is 10.6 Å². The second-order valence-corrected chi connectivity index (χ2v) is 5.09. The van der Waals surface area contributed by atoms with Crippen molar-refractivity contribution in [2.75, 3.05) is 18.9 Å². The maximum Gasteiger partial charge on any atom is 0.239 e. The van der Waals surface area contributed by atoms with Gasteiger partial charge >= 0.3 is 0 Å². The van der Waals surface area contributed by atoms with Crippen LogP contribution in [0.5, 0.6) is 0 Å². The summed E-state index contributed by atoms with van der Waals surface area (Å²) >= 11 is 0. The molecule has 3 N–H and O–H groups in total. The normalized spacial score (nSPS) is 10.8. The van der Waals surface area contributed by atoms with Crippen LogP contribution < -0.4 is 10.6 Å². The van der Waals surface area contributed by atoms with Gasteiger partial charge in [0.25, 0.3) is 0 Å². The van der Waals surface area contributed by atoms with Crippen LogP contribution in [0.4, 0.5) is 5.82 Å². The maximum atomic E-state index is 11.3. The van der Waals surface area contributed by atoms with Gasteiger partial charge in [-0.05, 0) is 18.9 Å². The number of aromatic amines is 1. The van der Waals surface area contributed by atoms with Gasteiger partial charge in [0.1, 0.15) is 0 Å². The van der Waals surface area contributed by atoms with Crippen molar-refractivity contribution < 1.29 is 4.79 Å². The zero-order valence-corrected chi connectivity index (χ0v) is 11.6. The van der Waals surface area contributed by atoms with Crippen molar-refractivity contribution >= 4 is 24.1 Å². The highest BCUT2D eigenvalue weighted by Gasteiger charge is 2.13. The second kappa shape index (κ2) is 6.61. The fourth-order valence-corrected chi connectivity index (χ4v) is 1.44. The third-order valence-electron chi connectivity index (χ3n) is 1.96. The minimum absolute atomic E-state index is 0. The summed E-state index contributed by atoms with van der Waals surface area (Å²) in [5, 5.41) is 12.5. The van der Waals surface area contributed by atoms with Crippen molar-refractivity contribution in [2.45, 2.75) is 27.2 Å². The van der Waals surface area contributed by atoms with E-state index in [4.69, 9.17) is 0 Å². The SMILES string of the molecule is CNCC(=O)Nc1cc(CC(C)(C)C)[nH]n1.Cl. The number of H-pyrrole nitrogens is 1. The van der Waals surface area contributed by atoms with Gasteiger partial charge in [-0.1, -0.05) is 20.8 Å². The van der Waals surface area contributed by atoms with E-state index in [9.17, 15) is 4.79 Å². The Morgan fingerprint density at radius 1 is 1.47 bits per heavy atom. The number of halogens is 1. The average molecular weight is 261 g/mol. The quantitative estimate of drug-likeness (QED) is 0.770. The highest BCUT2D eigenvalue weighted by Crippen LogP contribution is 2.20. The van der Waals surface area contributed by atoms with E-state index in [1.165, 1.54) is 0 Å². The molecule has 17 heavy (non-hydrogen) atoms. The Hall–Kier alpha value is -1.07. The first-order valence-corrected chi connectivity index (χ1v) is 5.39. The Bertz CT molecular complexity index is 357. The Morgan fingerprint density at radius 2 is 2.12 bits per heavy atom. The van der Waals surface area contributed by atoms with Crippen molar-refractivity contribution in [3.05, 3.63) is 11.8 Å². The van der Waals surface area contributed by atoms with Crippen LogP contribution in [-0.2, 0) is 11.2 Å². The summed E-state index contributed by atoms with van der Waals surface area (Å²) < 4.78 is 0. The Morgan fingerprint density at radius 3 is 2.65 bits per heavy atom. The molecule has 0 aliphatic rings. The van der Waals surface area contributed by atoms with Crippen LogP contribution in [0.25, 0.3) is 0 Å². The maximum absolute atomic E-state index is 11.3. The summed E-state index contributed by atoms with van der Waals surface area (Å²) in [5.74, 6) is 0.496. The molecule has 0 bridgehead atoms. The van der Waals surface area contributed by atoms with E-state index in [1.54, 1.807) is 7.05 Å². The molecule has 6 heteroatoms. The molecule has 0 aromatic carbocycles. The average Bonchev–Trinajstić information content (AvgIpc) is 2.49. The number of hydrogen-bond donors (Lipinski definition) is 3. The summed E-state index contributed by atoms with van der Waals surface area (Å²) in [6.07, 6.45) is 0.905. The molecule has 0 fully saturated rings. The molecule has 0 aliphatic heterocycles. The first kappa shape index (κ1) is 15.9. The predicted molar refractivity (Wildman–Crippen MR) is 71.6 cm³/mol. The van der Waals surface area contributed by atoms with Gasteiger partial charge in [0.05, 0.1) is 6.54 Å². The molecule has 0 unspecified atom stereocenters. The number of carbonyl (C=O) groups excluding carboxylic acids is 1. The number of anilines is 1. The summed E-state index contributed by atoms with van der Waals surface area (Å²) in [4.78, 5) is 11.3. The van der Waals surface area contributed by atoms with E-state index in [0.717, 1.165) is 12.1 Å². The zero-order valence-electron chi connectivity index (χ0n) is 10.8. The van der Waals surface area contributed by atoms with Crippen LogP contribution in [-0.4, -0.2) is 29.7 Å². The summed E-state index contributed by atoms with van der Waals surface area (Å²) in [6, 6.07) is 1.87. The zero-order chi connectivity index (χ0) is 12.2. The molecule has 0 saturated carbocycles. The van der Waals surface area contributed by atoms with Crippen molar-refractivity contribution in [1.82, 2.24) is 15.5 Å². The van der Waals surface area contributed by atoms with Crippen molar-refractivity contribution in [1.29, 1.82) is 0 Å². The highest BCUT2D eigenvalue weighted by atomic mass is 35.5. The van der Waals surface area contributed by atoms with E-state index < -0.39 is 0 Å². The standard InChI is InChI=1S/C11H20N4O.ClH/c1-11(2,3)6-8-5-9(15-14-8)13-10(16)7-12-4;/h5,12H,6-7H2,1-4H3,(H2,13,14,15,16);1H. The van der Waals surface area contributed by atoms with Gasteiger partial charge in [0, 0.05) is 11.8 Å². The Balaban J connectivity index is 0.00000256.